The lowest BCUT2D eigenvalue weighted by Crippen LogP contribution is -2.45. The Balaban J connectivity index is 1.38. The van der Waals surface area contributed by atoms with Gasteiger partial charge in [0.1, 0.15) is 17.3 Å². The van der Waals surface area contributed by atoms with Crippen LogP contribution in [-0.2, 0) is 11.1 Å². The van der Waals surface area contributed by atoms with Crippen molar-refractivity contribution < 1.29 is 18.7 Å². The van der Waals surface area contributed by atoms with Gasteiger partial charge in [-0.25, -0.2) is 4.39 Å². The molecule has 0 aliphatic heterocycles. The number of hydrogen-bond donors (Lipinski definition) is 2. The van der Waals surface area contributed by atoms with Crippen LogP contribution in [0.4, 0.5) is 10.1 Å². The van der Waals surface area contributed by atoms with Crippen LogP contribution in [0.25, 0.3) is 11.3 Å². The van der Waals surface area contributed by atoms with Gasteiger partial charge in [0.2, 0.25) is 0 Å². The van der Waals surface area contributed by atoms with Crippen LogP contribution >= 0.6 is 11.6 Å². The number of para-hydroxylation sites is 1. The summed E-state index contributed by atoms with van der Waals surface area (Å²) >= 11 is 6.54. The van der Waals surface area contributed by atoms with Crippen molar-refractivity contribution in [3.05, 3.63) is 131 Å². The van der Waals surface area contributed by atoms with Crippen molar-refractivity contribution in [3.8, 4) is 22.8 Å². The van der Waals surface area contributed by atoms with E-state index in [1.807, 2.05) is 89.2 Å². The Labute approximate surface area is 279 Å². The van der Waals surface area contributed by atoms with Gasteiger partial charge in [0.15, 0.2) is 0 Å². The van der Waals surface area contributed by atoms with E-state index >= 15 is 0 Å². The summed E-state index contributed by atoms with van der Waals surface area (Å²) in [4.78, 5) is 27.4. The minimum atomic E-state index is -0.670. The molecule has 0 fully saturated rings. The second kappa shape index (κ2) is 13.8. The van der Waals surface area contributed by atoms with Crippen LogP contribution in [0.3, 0.4) is 0 Å². The molecule has 9 heteroatoms. The second-order valence-electron chi connectivity index (χ2n) is 12.3. The first-order chi connectivity index (χ1) is 22.4. The molecule has 5 aromatic rings. The van der Waals surface area contributed by atoms with Crippen molar-refractivity contribution in [2.24, 2.45) is 0 Å². The molecule has 1 aromatic heterocycles. The van der Waals surface area contributed by atoms with Gasteiger partial charge in [-0.15, -0.1) is 0 Å². The minimum Gasteiger partial charge on any atom is -0.457 e. The number of anilines is 1. The smallest absolute Gasteiger partial charge is 0.259 e. The second-order valence-corrected chi connectivity index (χ2v) is 12.7. The summed E-state index contributed by atoms with van der Waals surface area (Å²) in [5.74, 6) is 0.254. The van der Waals surface area contributed by atoms with Crippen molar-refractivity contribution in [2.45, 2.75) is 58.5 Å². The Morgan fingerprint density at radius 2 is 1.47 bits per heavy atom. The van der Waals surface area contributed by atoms with Crippen molar-refractivity contribution >= 4 is 29.1 Å². The third kappa shape index (κ3) is 7.39. The predicted octanol–water partition coefficient (Wildman–Crippen LogP) is 9.59. The van der Waals surface area contributed by atoms with Gasteiger partial charge < -0.3 is 15.4 Å². The van der Waals surface area contributed by atoms with Gasteiger partial charge >= 0.3 is 0 Å². The Morgan fingerprint density at radius 3 is 2.09 bits per heavy atom. The molecular formula is C38H38ClFN4O3. The van der Waals surface area contributed by atoms with Crippen LogP contribution in [0.5, 0.6) is 11.5 Å². The van der Waals surface area contributed by atoms with E-state index in [2.05, 4.69) is 15.7 Å². The Bertz CT molecular complexity index is 1860. The molecule has 47 heavy (non-hydrogen) atoms. The van der Waals surface area contributed by atoms with Crippen molar-refractivity contribution in [2.75, 3.05) is 5.32 Å². The number of nitrogens with one attached hydrogen (secondary N) is 2. The number of hydrogen-bond acceptors (Lipinski definition) is 4. The third-order valence-electron chi connectivity index (χ3n) is 8.18. The zero-order chi connectivity index (χ0) is 33.8. The molecule has 0 unspecified atom stereocenters. The molecule has 2 N–H and O–H groups in total. The van der Waals surface area contributed by atoms with Crippen LogP contribution in [0.2, 0.25) is 5.02 Å². The molecule has 0 spiro atoms. The summed E-state index contributed by atoms with van der Waals surface area (Å²) in [6.07, 6.45) is 2.76. The fourth-order valence-electron chi connectivity index (χ4n) is 5.54. The number of carbonyl (C=O) groups is 2. The molecule has 0 bridgehead atoms. The summed E-state index contributed by atoms with van der Waals surface area (Å²) in [7, 11) is 0. The van der Waals surface area contributed by atoms with E-state index < -0.39 is 17.0 Å². The van der Waals surface area contributed by atoms with E-state index in [9.17, 15) is 14.0 Å². The molecule has 2 amide bonds. The van der Waals surface area contributed by atoms with E-state index in [4.69, 9.17) is 16.3 Å². The lowest BCUT2D eigenvalue weighted by Gasteiger charge is -2.34. The number of benzene rings is 4. The molecule has 5 rings (SSSR count). The number of nitrogens with zero attached hydrogens (tertiary/aromatic N) is 2. The number of rotatable bonds is 10. The van der Waals surface area contributed by atoms with Gasteiger partial charge in [0, 0.05) is 11.3 Å². The standard InChI is InChI=1S/C38H38ClFN4O3/c1-6-38(7-2,26-15-20-30(21-16-26)47-29-11-9-8-10-12-29)43-36(46)31-23-28(19-22-33(31)39)42-35(45)32-24-41-44(37(3,4)5)34(32)25-13-17-27(40)18-14-25/h8-24H,6-7H2,1-5H3,(H,42,45)(H,43,46). The normalized spacial score (nSPS) is 11.6. The summed E-state index contributed by atoms with van der Waals surface area (Å²) < 4.78 is 21.4. The highest BCUT2D eigenvalue weighted by Crippen LogP contribution is 2.34. The molecule has 0 aliphatic carbocycles. The molecule has 7 nitrogen and oxygen atoms in total. The molecule has 1 heterocycles. The molecule has 0 saturated carbocycles. The van der Waals surface area contributed by atoms with Gasteiger partial charge in [0.25, 0.3) is 11.8 Å². The molecular weight excluding hydrogens is 615 g/mol. The Kier molecular flexibility index (Phi) is 9.82. The monoisotopic (exact) mass is 652 g/mol. The quantitative estimate of drug-likeness (QED) is 0.157. The minimum absolute atomic E-state index is 0.226. The van der Waals surface area contributed by atoms with Gasteiger partial charge in [-0.3, -0.25) is 14.3 Å². The molecule has 0 aliphatic rings. The van der Waals surface area contributed by atoms with E-state index in [-0.39, 0.29) is 22.3 Å². The van der Waals surface area contributed by atoms with E-state index in [0.717, 1.165) is 11.3 Å². The SMILES string of the molecule is CCC(CC)(NC(=O)c1cc(NC(=O)c2cnn(C(C)(C)C)c2-c2ccc(F)cc2)ccc1Cl)c1ccc(Oc2ccccc2)cc1. The highest BCUT2D eigenvalue weighted by molar-refractivity contribution is 6.34. The summed E-state index contributed by atoms with van der Waals surface area (Å²) in [6.45, 7) is 9.95. The number of aromatic nitrogens is 2. The molecule has 0 atom stereocenters. The number of ether oxygens (including phenoxy) is 1. The largest absolute Gasteiger partial charge is 0.457 e. The van der Waals surface area contributed by atoms with Crippen LogP contribution in [0.1, 0.15) is 73.7 Å². The van der Waals surface area contributed by atoms with Gasteiger partial charge in [-0.05, 0) is 106 Å². The highest BCUT2D eigenvalue weighted by atomic mass is 35.5. The van der Waals surface area contributed by atoms with Crippen LogP contribution in [0, 0.1) is 5.82 Å². The molecule has 0 saturated heterocycles. The first-order valence-corrected chi connectivity index (χ1v) is 15.9. The van der Waals surface area contributed by atoms with Crippen molar-refractivity contribution in [1.29, 1.82) is 0 Å². The lowest BCUT2D eigenvalue weighted by molar-refractivity contribution is 0.0889. The van der Waals surface area contributed by atoms with Crippen molar-refractivity contribution in [1.82, 2.24) is 15.1 Å². The summed E-state index contributed by atoms with van der Waals surface area (Å²) in [6, 6.07) is 27.9. The van der Waals surface area contributed by atoms with Gasteiger partial charge in [-0.2, -0.15) is 5.10 Å². The average Bonchev–Trinajstić information content (AvgIpc) is 3.52. The van der Waals surface area contributed by atoms with Crippen molar-refractivity contribution in [3.63, 3.8) is 0 Å². The molecule has 4 aromatic carbocycles. The third-order valence-corrected chi connectivity index (χ3v) is 8.51. The number of amides is 2. The predicted molar refractivity (Wildman–Crippen MR) is 185 cm³/mol. The Hall–Kier alpha value is -4.95. The van der Waals surface area contributed by atoms with Crippen LogP contribution in [0.15, 0.2) is 103 Å². The van der Waals surface area contributed by atoms with Gasteiger partial charge in [0.05, 0.1) is 39.1 Å². The topological polar surface area (TPSA) is 85.3 Å². The number of carbonyl (C=O) groups excluding carboxylic acids is 2. The fourth-order valence-corrected chi connectivity index (χ4v) is 5.75. The lowest BCUT2D eigenvalue weighted by atomic mass is 9.84. The summed E-state index contributed by atoms with van der Waals surface area (Å²) in [5, 5.41) is 10.9. The number of halogens is 2. The zero-order valence-electron chi connectivity index (χ0n) is 27.1. The van der Waals surface area contributed by atoms with Crippen LogP contribution < -0.4 is 15.4 Å². The first kappa shape index (κ1) is 33.4. The zero-order valence-corrected chi connectivity index (χ0v) is 27.9. The van der Waals surface area contributed by atoms with E-state index in [0.29, 0.717) is 41.1 Å². The maximum Gasteiger partial charge on any atom is 0.259 e. The Morgan fingerprint density at radius 1 is 0.830 bits per heavy atom. The first-order valence-electron chi connectivity index (χ1n) is 15.6. The highest BCUT2D eigenvalue weighted by Gasteiger charge is 2.32. The maximum atomic E-state index is 13.8. The van der Waals surface area contributed by atoms with Gasteiger partial charge in [-0.1, -0.05) is 55.8 Å². The summed E-state index contributed by atoms with van der Waals surface area (Å²) in [5.41, 5.74) is 1.94. The van der Waals surface area contributed by atoms with E-state index in [1.54, 1.807) is 35.0 Å². The average molecular weight is 653 g/mol. The van der Waals surface area contributed by atoms with Crippen LogP contribution in [-0.4, -0.2) is 21.6 Å². The molecule has 242 valence electrons. The fraction of sp³-hybridized carbons (Fsp3) is 0.237. The molecule has 0 radical (unpaired) electrons. The van der Waals surface area contributed by atoms with E-state index in [1.165, 1.54) is 18.3 Å². The maximum absolute atomic E-state index is 13.8.